The number of carbonyl (C=O) groups is 1. The SMILES string of the molecule is COc1ccc(-c2noc(C3=C(C)N(Cc4ccco4)C(=O)NC3c3cccc(Cl)c3)n2)cc1F. The number of nitrogens with zero attached hydrogens (tertiary/aromatic N) is 3. The van der Waals surface area contributed by atoms with Crippen molar-refractivity contribution in [2.24, 2.45) is 0 Å². The summed E-state index contributed by atoms with van der Waals surface area (Å²) in [6.07, 6.45) is 1.55. The van der Waals surface area contributed by atoms with Crippen LogP contribution in [0.2, 0.25) is 5.02 Å². The Kier molecular flexibility index (Phi) is 6.00. The second kappa shape index (κ2) is 9.27. The van der Waals surface area contributed by atoms with E-state index in [4.69, 9.17) is 25.3 Å². The molecule has 8 nitrogen and oxygen atoms in total. The van der Waals surface area contributed by atoms with Crippen LogP contribution < -0.4 is 10.1 Å². The number of carbonyl (C=O) groups excluding carboxylic acids is 1. The molecular formula is C25H20ClFN4O4. The van der Waals surface area contributed by atoms with Gasteiger partial charge in [0.25, 0.3) is 5.89 Å². The minimum atomic E-state index is -0.602. The van der Waals surface area contributed by atoms with Crippen LogP contribution >= 0.6 is 11.6 Å². The number of urea groups is 1. The zero-order valence-electron chi connectivity index (χ0n) is 18.8. The first-order chi connectivity index (χ1) is 16.9. The van der Waals surface area contributed by atoms with Gasteiger partial charge in [0.1, 0.15) is 5.76 Å². The number of nitrogens with one attached hydrogen (secondary N) is 1. The Morgan fingerprint density at radius 3 is 2.77 bits per heavy atom. The third kappa shape index (κ3) is 4.38. The van der Waals surface area contributed by atoms with Gasteiger partial charge in [0.05, 0.1) is 31.5 Å². The van der Waals surface area contributed by atoms with Crippen LogP contribution in [0.1, 0.15) is 30.2 Å². The molecule has 0 fully saturated rings. The van der Waals surface area contributed by atoms with E-state index in [2.05, 4.69) is 15.5 Å². The summed E-state index contributed by atoms with van der Waals surface area (Å²) in [4.78, 5) is 19.1. The van der Waals surface area contributed by atoms with Gasteiger partial charge in [-0.3, -0.25) is 4.90 Å². The third-order valence-electron chi connectivity index (χ3n) is 5.74. The third-order valence-corrected chi connectivity index (χ3v) is 5.97. The lowest BCUT2D eigenvalue weighted by Gasteiger charge is -2.34. The Bertz CT molecular complexity index is 1420. The van der Waals surface area contributed by atoms with Gasteiger partial charge in [0, 0.05) is 16.3 Å². The largest absolute Gasteiger partial charge is 0.494 e. The smallest absolute Gasteiger partial charge is 0.322 e. The number of ether oxygens (including phenoxy) is 1. The molecule has 0 saturated carbocycles. The fourth-order valence-electron chi connectivity index (χ4n) is 4.00. The number of rotatable bonds is 6. The molecule has 0 radical (unpaired) electrons. The van der Waals surface area contributed by atoms with Gasteiger partial charge in [-0.2, -0.15) is 4.98 Å². The molecule has 1 aliphatic heterocycles. The Balaban J connectivity index is 1.59. The molecule has 0 aliphatic carbocycles. The molecule has 178 valence electrons. The minimum Gasteiger partial charge on any atom is -0.494 e. The highest BCUT2D eigenvalue weighted by Gasteiger charge is 2.36. The van der Waals surface area contributed by atoms with Crippen molar-refractivity contribution in [3.05, 3.63) is 94.6 Å². The summed E-state index contributed by atoms with van der Waals surface area (Å²) in [5.41, 5.74) is 2.36. The van der Waals surface area contributed by atoms with Crippen LogP contribution in [0.5, 0.6) is 5.75 Å². The summed E-state index contributed by atoms with van der Waals surface area (Å²) in [7, 11) is 1.39. The van der Waals surface area contributed by atoms with Gasteiger partial charge in [-0.25, -0.2) is 9.18 Å². The standard InChI is InChI=1S/C25H20ClFN4O4/c1-14-21(24-29-23(30-35-24)16-8-9-20(33-2)19(27)12-16)22(15-5-3-6-17(26)11-15)28-25(32)31(14)13-18-7-4-10-34-18/h3-12,22H,13H2,1-2H3,(H,28,32). The van der Waals surface area contributed by atoms with E-state index in [1.807, 2.05) is 6.07 Å². The van der Waals surface area contributed by atoms with Crippen molar-refractivity contribution in [3.63, 3.8) is 0 Å². The van der Waals surface area contributed by atoms with Crippen molar-refractivity contribution >= 4 is 23.2 Å². The van der Waals surface area contributed by atoms with E-state index in [0.29, 0.717) is 27.6 Å². The van der Waals surface area contributed by atoms with Crippen LogP contribution in [-0.4, -0.2) is 28.2 Å². The van der Waals surface area contributed by atoms with Gasteiger partial charge >= 0.3 is 6.03 Å². The molecule has 2 aromatic carbocycles. The van der Waals surface area contributed by atoms with Crippen molar-refractivity contribution in [1.29, 1.82) is 0 Å². The summed E-state index contributed by atoms with van der Waals surface area (Å²) in [6.45, 7) is 2.01. The first kappa shape index (κ1) is 22.7. The molecule has 10 heteroatoms. The number of hydrogen-bond acceptors (Lipinski definition) is 6. The van der Waals surface area contributed by atoms with Crippen LogP contribution in [0, 0.1) is 5.82 Å². The Labute approximate surface area is 204 Å². The predicted octanol–water partition coefficient (Wildman–Crippen LogP) is 5.83. The van der Waals surface area contributed by atoms with Crippen LogP contribution in [0.15, 0.2) is 75.5 Å². The van der Waals surface area contributed by atoms with E-state index in [9.17, 15) is 9.18 Å². The maximum atomic E-state index is 14.3. The van der Waals surface area contributed by atoms with Crippen molar-refractivity contribution in [1.82, 2.24) is 20.4 Å². The molecule has 0 bridgehead atoms. The second-order valence-electron chi connectivity index (χ2n) is 7.87. The maximum Gasteiger partial charge on any atom is 0.322 e. The molecule has 0 spiro atoms. The number of amides is 2. The van der Waals surface area contributed by atoms with Gasteiger partial charge < -0.3 is 19.0 Å². The first-order valence-corrected chi connectivity index (χ1v) is 11.1. The quantitative estimate of drug-likeness (QED) is 0.362. The summed E-state index contributed by atoms with van der Waals surface area (Å²) in [5, 5.41) is 7.57. The molecule has 2 aromatic heterocycles. The maximum absolute atomic E-state index is 14.3. The Hall–Kier alpha value is -4.11. The van der Waals surface area contributed by atoms with E-state index in [1.165, 1.54) is 24.1 Å². The van der Waals surface area contributed by atoms with Crippen molar-refractivity contribution in [3.8, 4) is 17.1 Å². The van der Waals surface area contributed by atoms with Gasteiger partial charge in [0.2, 0.25) is 5.82 Å². The topological polar surface area (TPSA) is 93.6 Å². The molecule has 2 amide bonds. The summed E-state index contributed by atoms with van der Waals surface area (Å²) in [6, 6.07) is 14.2. The fourth-order valence-corrected chi connectivity index (χ4v) is 4.20. The highest BCUT2D eigenvalue weighted by Crippen LogP contribution is 2.38. The van der Waals surface area contributed by atoms with Gasteiger partial charge in [-0.1, -0.05) is 28.9 Å². The summed E-state index contributed by atoms with van der Waals surface area (Å²) >= 11 is 6.23. The number of hydrogen-bond donors (Lipinski definition) is 1. The zero-order chi connectivity index (χ0) is 24.5. The normalized spacial score (nSPS) is 15.9. The molecule has 3 heterocycles. The average Bonchev–Trinajstić information content (AvgIpc) is 3.54. The lowest BCUT2D eigenvalue weighted by atomic mass is 9.94. The highest BCUT2D eigenvalue weighted by atomic mass is 35.5. The summed E-state index contributed by atoms with van der Waals surface area (Å²) < 4.78 is 30.3. The number of halogens is 2. The van der Waals surface area contributed by atoms with Crippen LogP contribution in [0.25, 0.3) is 17.0 Å². The molecule has 1 unspecified atom stereocenters. The molecule has 0 saturated heterocycles. The van der Waals surface area contributed by atoms with Crippen molar-refractivity contribution in [2.75, 3.05) is 7.11 Å². The highest BCUT2D eigenvalue weighted by molar-refractivity contribution is 6.30. The number of furan rings is 1. The minimum absolute atomic E-state index is 0.112. The number of aromatic nitrogens is 2. The Morgan fingerprint density at radius 1 is 1.20 bits per heavy atom. The monoisotopic (exact) mass is 494 g/mol. The van der Waals surface area contributed by atoms with Gasteiger partial charge in [-0.15, -0.1) is 0 Å². The summed E-state index contributed by atoms with van der Waals surface area (Å²) in [5.74, 6) is 0.558. The lowest BCUT2D eigenvalue weighted by molar-refractivity contribution is 0.199. The molecular weight excluding hydrogens is 475 g/mol. The van der Waals surface area contributed by atoms with Crippen LogP contribution in [0.4, 0.5) is 9.18 Å². The molecule has 35 heavy (non-hydrogen) atoms. The number of benzene rings is 2. The van der Waals surface area contributed by atoms with Crippen molar-refractivity contribution in [2.45, 2.75) is 19.5 Å². The van der Waals surface area contributed by atoms with Gasteiger partial charge in [0.15, 0.2) is 11.6 Å². The van der Waals surface area contributed by atoms with E-state index in [1.54, 1.807) is 49.6 Å². The average molecular weight is 495 g/mol. The van der Waals surface area contributed by atoms with E-state index < -0.39 is 11.9 Å². The molecule has 1 aliphatic rings. The molecule has 5 rings (SSSR count). The molecule has 4 aromatic rings. The second-order valence-corrected chi connectivity index (χ2v) is 8.31. The lowest BCUT2D eigenvalue weighted by Crippen LogP contribution is -2.45. The number of allylic oxidation sites excluding steroid dienone is 1. The zero-order valence-corrected chi connectivity index (χ0v) is 19.5. The van der Waals surface area contributed by atoms with Gasteiger partial charge in [-0.05, 0) is 55.0 Å². The van der Waals surface area contributed by atoms with E-state index in [-0.39, 0.29) is 30.0 Å². The molecule has 1 N–H and O–H groups in total. The first-order valence-electron chi connectivity index (χ1n) is 10.7. The van der Waals surface area contributed by atoms with E-state index >= 15 is 0 Å². The number of methoxy groups -OCH3 is 1. The van der Waals surface area contributed by atoms with Crippen molar-refractivity contribution < 1.29 is 22.9 Å². The Morgan fingerprint density at radius 2 is 2.06 bits per heavy atom. The predicted molar refractivity (Wildman–Crippen MR) is 126 cm³/mol. The molecule has 1 atom stereocenters. The van der Waals surface area contributed by atoms with Crippen LogP contribution in [0.3, 0.4) is 0 Å². The van der Waals surface area contributed by atoms with E-state index in [0.717, 1.165) is 5.56 Å². The fraction of sp³-hybridized carbons (Fsp3) is 0.160. The van der Waals surface area contributed by atoms with Crippen LogP contribution in [-0.2, 0) is 6.54 Å².